The predicted molar refractivity (Wildman–Crippen MR) is 71.5 cm³/mol. The molecule has 6 nitrogen and oxygen atoms in total. The molecule has 6 heteroatoms. The third kappa shape index (κ3) is 2.50. The number of nitrogens with zero attached hydrogens (tertiary/aromatic N) is 5. The van der Waals surface area contributed by atoms with Gasteiger partial charge in [-0.15, -0.1) is 5.10 Å². The molecule has 1 N–H and O–H groups in total. The molecule has 3 rings (SSSR count). The van der Waals surface area contributed by atoms with Gasteiger partial charge in [-0.1, -0.05) is 30.3 Å². The van der Waals surface area contributed by atoms with Crippen LogP contribution in [0.3, 0.4) is 0 Å². The topological polar surface area (TPSA) is 58.9 Å². The molecule has 1 fully saturated rings. The first-order valence-corrected chi connectivity index (χ1v) is 6.45. The molecule has 1 unspecified atom stereocenters. The van der Waals surface area contributed by atoms with E-state index in [1.165, 1.54) is 5.56 Å². The van der Waals surface area contributed by atoms with E-state index >= 15 is 0 Å². The molecule has 1 aromatic heterocycles. The van der Waals surface area contributed by atoms with E-state index < -0.39 is 0 Å². The van der Waals surface area contributed by atoms with Crippen molar-refractivity contribution in [2.75, 3.05) is 26.2 Å². The van der Waals surface area contributed by atoms with E-state index in [9.17, 15) is 0 Å². The van der Waals surface area contributed by atoms with E-state index in [0.717, 1.165) is 32.0 Å². The van der Waals surface area contributed by atoms with Crippen molar-refractivity contribution in [3.63, 3.8) is 0 Å². The average molecular weight is 259 g/mol. The first kappa shape index (κ1) is 11.1. The molecule has 0 bridgehead atoms. The fraction of sp³-hybridized carbons (Fsp3) is 0.462. The summed E-state index contributed by atoms with van der Waals surface area (Å²) in [5.41, 5.74) is 1.17. The van der Waals surface area contributed by atoms with Crippen LogP contribution in [0.4, 0.5) is 0 Å². The smallest absolute Gasteiger partial charge is 0.172 e. The summed E-state index contributed by atoms with van der Waals surface area (Å²) in [7, 11) is 0.0394. The molecule has 100 valence electrons. The lowest BCUT2D eigenvalue weighted by Gasteiger charge is -2.34. The summed E-state index contributed by atoms with van der Waals surface area (Å²) < 4.78 is 9.12. The standard InChI is InChI=1S/C13H18N6/c1-18-13(15-16-17-18)12(11-5-3-2-4-6-11)19-9-7-14-8-10-19/h2-6,12,14H,7-10H2,1H3/i1D. The first-order chi connectivity index (χ1) is 9.90. The van der Waals surface area contributed by atoms with Gasteiger partial charge in [0.1, 0.15) is 0 Å². The molecular formula is C13H18N6. The van der Waals surface area contributed by atoms with E-state index in [-0.39, 0.29) is 13.1 Å². The van der Waals surface area contributed by atoms with Gasteiger partial charge in [-0.05, 0) is 16.0 Å². The molecule has 2 heterocycles. The Hall–Kier alpha value is -1.79. The zero-order valence-electron chi connectivity index (χ0n) is 11.7. The van der Waals surface area contributed by atoms with Crippen molar-refractivity contribution >= 4 is 0 Å². The van der Waals surface area contributed by atoms with Gasteiger partial charge < -0.3 is 5.32 Å². The second-order valence-corrected chi connectivity index (χ2v) is 4.64. The van der Waals surface area contributed by atoms with Crippen LogP contribution in [-0.4, -0.2) is 51.3 Å². The second-order valence-electron chi connectivity index (χ2n) is 4.64. The molecule has 0 spiro atoms. The molecule has 19 heavy (non-hydrogen) atoms. The molecule has 0 aliphatic carbocycles. The van der Waals surface area contributed by atoms with Crippen LogP contribution in [-0.2, 0) is 7.02 Å². The van der Waals surface area contributed by atoms with Crippen molar-refractivity contribution < 1.29 is 1.37 Å². The van der Waals surface area contributed by atoms with Gasteiger partial charge in [0.05, 0.1) is 6.04 Å². The molecule has 1 aliphatic heterocycles. The molecule has 0 radical (unpaired) electrons. The third-order valence-electron chi connectivity index (χ3n) is 3.44. The number of hydrogen-bond donors (Lipinski definition) is 1. The molecular weight excluding hydrogens is 240 g/mol. The lowest BCUT2D eigenvalue weighted by molar-refractivity contribution is 0.189. The van der Waals surface area contributed by atoms with E-state index in [1.807, 2.05) is 18.2 Å². The maximum absolute atomic E-state index is 7.56. The van der Waals surface area contributed by atoms with Crippen molar-refractivity contribution in [1.29, 1.82) is 0 Å². The van der Waals surface area contributed by atoms with Gasteiger partial charge in [-0.2, -0.15) is 0 Å². The number of nitrogens with one attached hydrogen (secondary N) is 1. The van der Waals surface area contributed by atoms with Gasteiger partial charge in [-0.3, -0.25) is 4.90 Å². The Balaban J connectivity index is 1.99. The Labute approximate surface area is 113 Å². The van der Waals surface area contributed by atoms with Crippen LogP contribution in [0, 0.1) is 0 Å². The fourth-order valence-electron chi connectivity index (χ4n) is 2.51. The molecule has 2 aromatic rings. The maximum atomic E-state index is 7.56. The summed E-state index contributed by atoms with van der Waals surface area (Å²) in [4.78, 5) is 2.36. The summed E-state index contributed by atoms with van der Waals surface area (Å²) in [6.45, 7) is 3.83. The van der Waals surface area contributed by atoms with Crippen LogP contribution in [0.15, 0.2) is 30.3 Å². The fourth-order valence-corrected chi connectivity index (χ4v) is 2.51. The van der Waals surface area contributed by atoms with Crippen LogP contribution in [0.1, 0.15) is 18.8 Å². The quantitative estimate of drug-likeness (QED) is 0.853. The molecule has 1 atom stereocenters. The highest BCUT2D eigenvalue weighted by molar-refractivity contribution is 5.24. The van der Waals surface area contributed by atoms with E-state index in [1.54, 1.807) is 4.68 Å². The third-order valence-corrected chi connectivity index (χ3v) is 3.44. The predicted octanol–water partition coefficient (Wildman–Crippen LogP) is 0.205. The Morgan fingerprint density at radius 1 is 1.26 bits per heavy atom. The number of piperazine rings is 1. The second kappa shape index (κ2) is 5.46. The Morgan fingerprint density at radius 3 is 2.79 bits per heavy atom. The molecule has 1 saturated heterocycles. The average Bonchev–Trinajstić information content (AvgIpc) is 2.98. The Kier molecular flexibility index (Phi) is 3.18. The van der Waals surface area contributed by atoms with E-state index in [4.69, 9.17) is 1.37 Å². The lowest BCUT2D eigenvalue weighted by atomic mass is 10.0. The summed E-state index contributed by atoms with van der Waals surface area (Å²) in [6, 6.07) is 10.3. The molecule has 1 aliphatic rings. The highest BCUT2D eigenvalue weighted by atomic mass is 15.5. The van der Waals surface area contributed by atoms with Gasteiger partial charge in [0.2, 0.25) is 0 Å². The van der Waals surface area contributed by atoms with Crippen LogP contribution in [0.25, 0.3) is 0 Å². The number of aryl methyl sites for hydroxylation is 1. The number of hydrogen-bond acceptors (Lipinski definition) is 5. The van der Waals surface area contributed by atoms with Crippen molar-refractivity contribution in [2.24, 2.45) is 7.02 Å². The lowest BCUT2D eigenvalue weighted by Crippen LogP contribution is -2.46. The van der Waals surface area contributed by atoms with Crippen LogP contribution in [0.2, 0.25) is 0 Å². The summed E-state index contributed by atoms with van der Waals surface area (Å²) in [5, 5.41) is 15.2. The van der Waals surface area contributed by atoms with Gasteiger partial charge in [0, 0.05) is 34.6 Å². The zero-order valence-corrected chi connectivity index (χ0v) is 10.7. The normalized spacial score (nSPS) is 19.1. The minimum absolute atomic E-state index is 0.0126. The minimum atomic E-state index is 0.0126. The monoisotopic (exact) mass is 259 g/mol. The van der Waals surface area contributed by atoms with Gasteiger partial charge in [0.15, 0.2) is 5.82 Å². The maximum Gasteiger partial charge on any atom is 0.172 e. The van der Waals surface area contributed by atoms with Crippen molar-refractivity contribution in [2.45, 2.75) is 6.04 Å². The van der Waals surface area contributed by atoms with Crippen LogP contribution < -0.4 is 5.32 Å². The van der Waals surface area contributed by atoms with Crippen molar-refractivity contribution in [1.82, 2.24) is 30.4 Å². The first-order valence-electron chi connectivity index (χ1n) is 7.16. The number of benzene rings is 1. The van der Waals surface area contributed by atoms with Crippen molar-refractivity contribution in [3.8, 4) is 0 Å². The van der Waals surface area contributed by atoms with Crippen LogP contribution in [0.5, 0.6) is 0 Å². The summed E-state index contributed by atoms with van der Waals surface area (Å²) in [6.07, 6.45) is 0. The Morgan fingerprint density at radius 2 is 2.05 bits per heavy atom. The molecule has 1 aromatic carbocycles. The highest BCUT2D eigenvalue weighted by Gasteiger charge is 2.27. The largest absolute Gasteiger partial charge is 0.314 e. The molecule has 0 amide bonds. The molecule has 0 saturated carbocycles. The Bertz CT molecular complexity index is 537. The van der Waals surface area contributed by atoms with E-state index in [0.29, 0.717) is 0 Å². The summed E-state index contributed by atoms with van der Waals surface area (Å²) in [5.74, 6) is 0.744. The minimum Gasteiger partial charge on any atom is -0.314 e. The van der Waals surface area contributed by atoms with Gasteiger partial charge in [-0.25, -0.2) is 4.68 Å². The zero-order chi connectivity index (χ0) is 13.8. The van der Waals surface area contributed by atoms with Gasteiger partial charge >= 0.3 is 0 Å². The number of rotatable bonds is 3. The van der Waals surface area contributed by atoms with Crippen LogP contribution >= 0.6 is 0 Å². The SMILES string of the molecule is [2H]Cn1nnnc1C(c1ccccc1)N1CCNCC1. The summed E-state index contributed by atoms with van der Waals surface area (Å²) >= 11 is 0. The van der Waals surface area contributed by atoms with Gasteiger partial charge in [0.25, 0.3) is 0 Å². The number of aromatic nitrogens is 4. The number of tetrazole rings is 1. The highest BCUT2D eigenvalue weighted by Crippen LogP contribution is 2.26. The van der Waals surface area contributed by atoms with Crippen molar-refractivity contribution in [3.05, 3.63) is 41.7 Å². The van der Waals surface area contributed by atoms with E-state index in [2.05, 4.69) is 37.9 Å².